The van der Waals surface area contributed by atoms with Crippen LogP contribution >= 0.6 is 0 Å². The molecule has 0 spiro atoms. The van der Waals surface area contributed by atoms with Crippen molar-refractivity contribution in [2.24, 2.45) is 0 Å². The zero-order chi connectivity index (χ0) is 18.5. The smallest absolute Gasteiger partial charge is 0.547 e. The van der Waals surface area contributed by atoms with E-state index in [4.69, 9.17) is 5.11 Å². The van der Waals surface area contributed by atoms with Gasteiger partial charge in [0.25, 0.3) is 0 Å². The van der Waals surface area contributed by atoms with Crippen LogP contribution in [0.1, 0.15) is 117 Å². The minimum absolute atomic E-state index is 0. The normalized spacial score (nSPS) is 11.2. The summed E-state index contributed by atoms with van der Waals surface area (Å²) in [6, 6.07) is 0. The number of carboxylic acids is 1. The van der Waals surface area contributed by atoms with Gasteiger partial charge in [-0.05, 0) is 6.92 Å². The van der Waals surface area contributed by atoms with Crippen LogP contribution in [0.25, 0.3) is 0 Å². The van der Waals surface area contributed by atoms with Crippen LogP contribution in [-0.4, -0.2) is 17.2 Å². The molecular formula is C21H42O3Zn. The molecule has 146 valence electrons. The van der Waals surface area contributed by atoms with Crippen LogP contribution in [0.4, 0.5) is 0 Å². The van der Waals surface area contributed by atoms with Gasteiger partial charge in [-0.1, -0.05) is 103 Å². The second kappa shape index (κ2) is 26.3. The number of hydrogen-bond donors (Lipinski definition) is 1. The van der Waals surface area contributed by atoms with Gasteiger partial charge in [-0.3, -0.25) is 0 Å². The Bertz CT molecular complexity index is 229. The van der Waals surface area contributed by atoms with Crippen molar-refractivity contribution < 1.29 is 34.5 Å². The Kier molecular flexibility index (Phi) is 31.3. The molecule has 0 aliphatic heterocycles. The van der Waals surface area contributed by atoms with Gasteiger partial charge in [0.05, 0.1) is 12.1 Å². The zero-order valence-corrected chi connectivity index (χ0v) is 20.0. The fourth-order valence-electron chi connectivity index (χ4n) is 2.55. The van der Waals surface area contributed by atoms with Crippen LogP contribution in [0.3, 0.4) is 0 Å². The van der Waals surface area contributed by atoms with E-state index in [9.17, 15) is 9.90 Å². The number of hydrogen-bond acceptors (Lipinski definition) is 3. The number of carbonyl (C=O) groups excluding carboxylic acids is 1. The van der Waals surface area contributed by atoms with E-state index in [1.807, 2.05) is 0 Å². The summed E-state index contributed by atoms with van der Waals surface area (Å²) in [6.07, 6.45) is 21.5. The maximum atomic E-state index is 9.34. The Morgan fingerprint density at radius 2 is 1.04 bits per heavy atom. The summed E-state index contributed by atoms with van der Waals surface area (Å²) >= 11 is 0. The first-order chi connectivity index (χ1) is 11.6. The quantitative estimate of drug-likeness (QED) is 0.217. The van der Waals surface area contributed by atoms with Crippen LogP contribution in [0.15, 0.2) is 0 Å². The molecule has 0 amide bonds. The molecule has 1 atom stereocenters. The molecule has 0 saturated carbocycles. The van der Waals surface area contributed by atoms with Crippen LogP contribution < -0.4 is 5.11 Å². The predicted molar refractivity (Wildman–Crippen MR) is 102 cm³/mol. The van der Waals surface area contributed by atoms with Gasteiger partial charge >= 0.3 is 19.5 Å². The molecule has 0 aliphatic rings. The molecular weight excluding hydrogens is 366 g/mol. The van der Waals surface area contributed by atoms with Gasteiger partial charge in [0, 0.05) is 0 Å². The summed E-state index contributed by atoms with van der Waals surface area (Å²) in [5, 5.41) is 17.3. The minimum atomic E-state index is -1.44. The van der Waals surface area contributed by atoms with E-state index >= 15 is 0 Å². The van der Waals surface area contributed by atoms with E-state index in [1.165, 1.54) is 96.3 Å². The Morgan fingerprint density at radius 3 is 1.24 bits per heavy atom. The average molecular weight is 408 g/mol. The molecule has 0 rings (SSSR count). The van der Waals surface area contributed by atoms with Crippen LogP contribution in [0.2, 0.25) is 0 Å². The van der Waals surface area contributed by atoms with Crippen LogP contribution in [0.5, 0.6) is 0 Å². The maximum absolute atomic E-state index is 9.34. The van der Waals surface area contributed by atoms with E-state index < -0.39 is 12.1 Å². The van der Waals surface area contributed by atoms with Gasteiger partial charge in [-0.25, -0.2) is 0 Å². The molecule has 0 bridgehead atoms. The molecule has 0 aromatic heterocycles. The van der Waals surface area contributed by atoms with Crippen molar-refractivity contribution in [2.75, 3.05) is 0 Å². The van der Waals surface area contributed by atoms with Gasteiger partial charge in [0.1, 0.15) is 0 Å². The molecule has 25 heavy (non-hydrogen) atoms. The summed E-state index contributed by atoms with van der Waals surface area (Å²) in [6.45, 7) is 7.31. The Hall–Kier alpha value is 0.0534. The first kappa shape index (κ1) is 29.8. The molecule has 0 radical (unpaired) electrons. The average Bonchev–Trinajstić information content (AvgIpc) is 2.55. The number of aliphatic hydroxyl groups excluding tert-OH is 1. The number of carboxylic acid groups (broad SMARTS) is 1. The summed E-state index contributed by atoms with van der Waals surface area (Å²) in [5.74, 6) is -1.44. The Balaban J connectivity index is -0.000000592. The topological polar surface area (TPSA) is 60.4 Å². The monoisotopic (exact) mass is 406 g/mol. The third kappa shape index (κ3) is 32.2. The SMILES string of the molecule is CC(O)C(=O)[O-].[CH2-]CCCCCCCCCCCCCCCCC.[Zn+2]. The standard InChI is InChI=1S/C18H37.C3H6O3.Zn/c1-3-5-7-9-11-13-15-17-18-16-14-12-10-8-6-4-2;1-2(4)3(5)6;/h1,3-18H2,2H3;2,4H,1H3,(H,5,6);/q-1;;+2/p-1. The van der Waals surface area contributed by atoms with Gasteiger partial charge in [0.15, 0.2) is 0 Å². The summed E-state index contributed by atoms with van der Waals surface area (Å²) in [7, 11) is 0. The number of carbonyl (C=O) groups is 1. The molecule has 3 nitrogen and oxygen atoms in total. The largest absolute Gasteiger partial charge is 2.00 e. The van der Waals surface area contributed by atoms with Crippen molar-refractivity contribution in [3.05, 3.63) is 6.92 Å². The van der Waals surface area contributed by atoms with Crippen molar-refractivity contribution in [3.63, 3.8) is 0 Å². The number of unbranched alkanes of at least 4 members (excludes halogenated alkanes) is 15. The molecule has 0 aliphatic carbocycles. The van der Waals surface area contributed by atoms with Crippen molar-refractivity contribution in [3.8, 4) is 0 Å². The van der Waals surface area contributed by atoms with Crippen LogP contribution in [-0.2, 0) is 24.3 Å². The fourth-order valence-corrected chi connectivity index (χ4v) is 2.55. The van der Waals surface area contributed by atoms with Gasteiger partial charge in [0.2, 0.25) is 0 Å². The number of rotatable bonds is 16. The first-order valence-corrected chi connectivity index (χ1v) is 10.2. The molecule has 4 heteroatoms. The van der Waals surface area contributed by atoms with Crippen molar-refractivity contribution >= 4 is 5.97 Å². The molecule has 0 fully saturated rings. The zero-order valence-electron chi connectivity index (χ0n) is 17.1. The minimum Gasteiger partial charge on any atom is -0.547 e. The molecule has 0 heterocycles. The van der Waals surface area contributed by atoms with Crippen molar-refractivity contribution in [1.29, 1.82) is 0 Å². The van der Waals surface area contributed by atoms with Gasteiger partial charge < -0.3 is 21.9 Å². The van der Waals surface area contributed by atoms with E-state index in [1.54, 1.807) is 0 Å². The second-order valence-electron chi connectivity index (χ2n) is 6.80. The number of aliphatic carboxylic acids is 1. The van der Waals surface area contributed by atoms with E-state index in [0.29, 0.717) is 0 Å². The van der Waals surface area contributed by atoms with Crippen molar-refractivity contribution in [2.45, 2.75) is 123 Å². The third-order valence-electron chi connectivity index (χ3n) is 4.19. The van der Waals surface area contributed by atoms with Crippen LogP contribution in [0, 0.1) is 6.92 Å². The van der Waals surface area contributed by atoms with Gasteiger partial charge in [-0.15, -0.1) is 0 Å². The molecule has 0 saturated heterocycles. The molecule has 0 aromatic carbocycles. The molecule has 1 unspecified atom stereocenters. The van der Waals surface area contributed by atoms with Crippen molar-refractivity contribution in [1.82, 2.24) is 0 Å². The Labute approximate surface area is 170 Å². The summed E-state index contributed by atoms with van der Waals surface area (Å²) in [4.78, 5) is 9.34. The predicted octanol–water partition coefficient (Wildman–Crippen LogP) is 5.20. The summed E-state index contributed by atoms with van der Waals surface area (Å²) in [5.41, 5.74) is 0. The summed E-state index contributed by atoms with van der Waals surface area (Å²) < 4.78 is 0. The Morgan fingerprint density at radius 1 is 0.800 bits per heavy atom. The maximum Gasteiger partial charge on any atom is 2.00 e. The van der Waals surface area contributed by atoms with E-state index in [-0.39, 0.29) is 19.5 Å². The second-order valence-corrected chi connectivity index (χ2v) is 6.80. The van der Waals surface area contributed by atoms with E-state index in [2.05, 4.69) is 13.8 Å². The fraction of sp³-hybridized carbons (Fsp3) is 0.905. The first-order valence-electron chi connectivity index (χ1n) is 10.2. The van der Waals surface area contributed by atoms with Gasteiger partial charge in [-0.2, -0.15) is 6.42 Å². The number of aliphatic hydroxyl groups is 1. The molecule has 0 aromatic rings. The third-order valence-corrected chi connectivity index (χ3v) is 4.19. The molecule has 1 N–H and O–H groups in total. The van der Waals surface area contributed by atoms with E-state index in [0.717, 1.165) is 13.3 Å².